The SMILES string of the molecule is C#CCN(C)c1cnccc1CNCCC. The molecule has 1 N–H and O–H groups in total. The Morgan fingerprint density at radius 2 is 2.38 bits per heavy atom. The highest BCUT2D eigenvalue weighted by Crippen LogP contribution is 2.16. The first kappa shape index (κ1) is 12.5. The van der Waals surface area contributed by atoms with Gasteiger partial charge in [-0.3, -0.25) is 4.98 Å². The third-order valence-corrected chi connectivity index (χ3v) is 2.37. The molecule has 0 aromatic carbocycles. The van der Waals surface area contributed by atoms with Gasteiger partial charge in [0.25, 0.3) is 0 Å². The average Bonchev–Trinajstić information content (AvgIpc) is 2.30. The number of terminal acetylenes is 1. The molecule has 0 spiro atoms. The van der Waals surface area contributed by atoms with Crippen LogP contribution in [-0.2, 0) is 6.54 Å². The van der Waals surface area contributed by atoms with Crippen LogP contribution in [0, 0.1) is 12.3 Å². The average molecular weight is 217 g/mol. The number of anilines is 1. The van der Waals surface area contributed by atoms with Crippen LogP contribution in [0.2, 0.25) is 0 Å². The summed E-state index contributed by atoms with van der Waals surface area (Å²) >= 11 is 0. The van der Waals surface area contributed by atoms with Gasteiger partial charge in [0, 0.05) is 19.8 Å². The first-order chi connectivity index (χ1) is 7.79. The summed E-state index contributed by atoms with van der Waals surface area (Å²) in [6.07, 6.45) is 10.1. The predicted octanol–water partition coefficient (Wildman–Crippen LogP) is 1.65. The summed E-state index contributed by atoms with van der Waals surface area (Å²) in [5.74, 6) is 2.64. The molecule has 1 rings (SSSR count). The molecule has 0 saturated carbocycles. The van der Waals surface area contributed by atoms with Gasteiger partial charge in [-0.05, 0) is 24.6 Å². The second kappa shape index (κ2) is 6.86. The van der Waals surface area contributed by atoms with E-state index in [0.29, 0.717) is 6.54 Å². The van der Waals surface area contributed by atoms with E-state index in [9.17, 15) is 0 Å². The molecule has 1 aromatic rings. The molecule has 0 saturated heterocycles. The van der Waals surface area contributed by atoms with Gasteiger partial charge in [-0.15, -0.1) is 6.42 Å². The normalized spacial score (nSPS) is 9.81. The van der Waals surface area contributed by atoms with Gasteiger partial charge in [-0.2, -0.15) is 0 Å². The molecule has 16 heavy (non-hydrogen) atoms. The zero-order chi connectivity index (χ0) is 11.8. The first-order valence-electron chi connectivity index (χ1n) is 5.57. The second-order valence-corrected chi connectivity index (χ2v) is 3.74. The summed E-state index contributed by atoms with van der Waals surface area (Å²) < 4.78 is 0. The lowest BCUT2D eigenvalue weighted by molar-refractivity contribution is 0.674. The fraction of sp³-hybridized carbons (Fsp3) is 0.462. The van der Waals surface area contributed by atoms with Gasteiger partial charge in [0.05, 0.1) is 18.4 Å². The van der Waals surface area contributed by atoms with Gasteiger partial charge in [0.15, 0.2) is 0 Å². The molecule has 1 heterocycles. The lowest BCUT2D eigenvalue weighted by Crippen LogP contribution is -2.21. The van der Waals surface area contributed by atoms with E-state index in [1.807, 2.05) is 30.4 Å². The standard InChI is InChI=1S/C13H19N3/c1-4-7-14-10-12-6-8-15-11-13(12)16(3)9-5-2/h2,6,8,11,14H,4,7,9-10H2,1,3H3. The summed E-state index contributed by atoms with van der Waals surface area (Å²) in [6.45, 7) is 4.65. The van der Waals surface area contributed by atoms with Gasteiger partial charge < -0.3 is 10.2 Å². The zero-order valence-corrected chi connectivity index (χ0v) is 10.0. The van der Waals surface area contributed by atoms with Gasteiger partial charge >= 0.3 is 0 Å². The van der Waals surface area contributed by atoms with Crippen molar-refractivity contribution in [3.05, 3.63) is 24.0 Å². The van der Waals surface area contributed by atoms with Crippen molar-refractivity contribution in [2.45, 2.75) is 19.9 Å². The van der Waals surface area contributed by atoms with E-state index in [0.717, 1.165) is 25.2 Å². The van der Waals surface area contributed by atoms with Crippen LogP contribution in [0.15, 0.2) is 18.5 Å². The van der Waals surface area contributed by atoms with Crippen molar-refractivity contribution in [3.63, 3.8) is 0 Å². The second-order valence-electron chi connectivity index (χ2n) is 3.74. The lowest BCUT2D eigenvalue weighted by atomic mass is 10.2. The Balaban J connectivity index is 2.71. The highest BCUT2D eigenvalue weighted by molar-refractivity contribution is 5.51. The zero-order valence-electron chi connectivity index (χ0n) is 10.0. The van der Waals surface area contributed by atoms with E-state index < -0.39 is 0 Å². The Kier molecular flexibility index (Phi) is 5.38. The molecular formula is C13H19N3. The molecule has 1 aromatic heterocycles. The van der Waals surface area contributed by atoms with Crippen LogP contribution in [0.4, 0.5) is 5.69 Å². The molecule has 0 amide bonds. The van der Waals surface area contributed by atoms with Crippen LogP contribution < -0.4 is 10.2 Å². The minimum atomic E-state index is 0.604. The van der Waals surface area contributed by atoms with Gasteiger partial charge in [0.2, 0.25) is 0 Å². The summed E-state index contributed by atoms with van der Waals surface area (Å²) in [4.78, 5) is 6.18. The van der Waals surface area contributed by atoms with Crippen LogP contribution in [0.25, 0.3) is 0 Å². The molecule has 3 heteroatoms. The Labute approximate surface area is 97.9 Å². The molecule has 0 fully saturated rings. The summed E-state index contributed by atoms with van der Waals surface area (Å²) in [7, 11) is 1.99. The summed E-state index contributed by atoms with van der Waals surface area (Å²) in [5.41, 5.74) is 2.34. The molecular weight excluding hydrogens is 198 g/mol. The maximum Gasteiger partial charge on any atom is 0.0789 e. The van der Waals surface area contributed by atoms with E-state index in [1.165, 1.54) is 5.56 Å². The molecule has 0 aliphatic rings. The summed E-state index contributed by atoms with van der Waals surface area (Å²) in [5, 5.41) is 3.38. The summed E-state index contributed by atoms with van der Waals surface area (Å²) in [6, 6.07) is 2.03. The van der Waals surface area contributed by atoms with Gasteiger partial charge in [0.1, 0.15) is 0 Å². The van der Waals surface area contributed by atoms with Gasteiger partial charge in [-0.25, -0.2) is 0 Å². The number of aromatic nitrogens is 1. The van der Waals surface area contributed by atoms with Crippen molar-refractivity contribution in [2.75, 3.05) is 25.0 Å². The number of nitrogens with one attached hydrogen (secondary N) is 1. The molecule has 0 aliphatic heterocycles. The first-order valence-corrected chi connectivity index (χ1v) is 5.57. The fourth-order valence-electron chi connectivity index (χ4n) is 1.53. The van der Waals surface area contributed by atoms with Crippen molar-refractivity contribution in [3.8, 4) is 12.3 Å². The van der Waals surface area contributed by atoms with Crippen LogP contribution in [0.5, 0.6) is 0 Å². The van der Waals surface area contributed by atoms with E-state index >= 15 is 0 Å². The van der Waals surface area contributed by atoms with Gasteiger partial charge in [-0.1, -0.05) is 12.8 Å². The third-order valence-electron chi connectivity index (χ3n) is 2.37. The molecule has 0 aliphatic carbocycles. The van der Waals surface area contributed by atoms with Crippen molar-refractivity contribution >= 4 is 5.69 Å². The predicted molar refractivity (Wildman–Crippen MR) is 68.3 cm³/mol. The number of rotatable bonds is 6. The molecule has 86 valence electrons. The molecule has 0 bridgehead atoms. The highest BCUT2D eigenvalue weighted by Gasteiger charge is 2.05. The Hall–Kier alpha value is -1.53. The number of hydrogen-bond donors (Lipinski definition) is 1. The largest absolute Gasteiger partial charge is 0.362 e. The van der Waals surface area contributed by atoms with Crippen molar-refractivity contribution in [1.82, 2.24) is 10.3 Å². The Bertz CT molecular complexity index is 354. The van der Waals surface area contributed by atoms with E-state index in [4.69, 9.17) is 6.42 Å². The minimum absolute atomic E-state index is 0.604. The molecule has 0 radical (unpaired) electrons. The van der Waals surface area contributed by atoms with Crippen molar-refractivity contribution in [2.24, 2.45) is 0 Å². The number of hydrogen-bond acceptors (Lipinski definition) is 3. The molecule has 0 unspecified atom stereocenters. The highest BCUT2D eigenvalue weighted by atomic mass is 15.1. The third kappa shape index (κ3) is 3.56. The fourth-order valence-corrected chi connectivity index (χ4v) is 1.53. The minimum Gasteiger partial charge on any atom is -0.362 e. The van der Waals surface area contributed by atoms with Crippen molar-refractivity contribution in [1.29, 1.82) is 0 Å². The Morgan fingerprint density at radius 1 is 1.56 bits per heavy atom. The topological polar surface area (TPSA) is 28.2 Å². The van der Waals surface area contributed by atoms with E-state index in [1.54, 1.807) is 0 Å². The van der Waals surface area contributed by atoms with E-state index in [-0.39, 0.29) is 0 Å². The maximum absolute atomic E-state index is 5.31. The van der Waals surface area contributed by atoms with Crippen LogP contribution in [0.1, 0.15) is 18.9 Å². The van der Waals surface area contributed by atoms with Crippen LogP contribution >= 0.6 is 0 Å². The maximum atomic E-state index is 5.31. The smallest absolute Gasteiger partial charge is 0.0789 e. The van der Waals surface area contributed by atoms with Crippen LogP contribution in [0.3, 0.4) is 0 Å². The lowest BCUT2D eigenvalue weighted by Gasteiger charge is -2.19. The molecule has 3 nitrogen and oxygen atoms in total. The van der Waals surface area contributed by atoms with Crippen LogP contribution in [-0.4, -0.2) is 25.1 Å². The number of nitrogens with zero attached hydrogens (tertiary/aromatic N) is 2. The number of pyridine rings is 1. The van der Waals surface area contributed by atoms with E-state index in [2.05, 4.69) is 23.1 Å². The quantitative estimate of drug-likeness (QED) is 0.580. The molecule has 0 atom stereocenters. The Morgan fingerprint density at radius 3 is 3.06 bits per heavy atom. The van der Waals surface area contributed by atoms with Crippen molar-refractivity contribution < 1.29 is 0 Å². The monoisotopic (exact) mass is 217 g/mol.